The van der Waals surface area contributed by atoms with Gasteiger partial charge in [0.2, 0.25) is 0 Å². The van der Waals surface area contributed by atoms with Crippen LogP contribution in [0.5, 0.6) is 0 Å². The summed E-state index contributed by atoms with van der Waals surface area (Å²) in [4.78, 5) is 16.3. The molecule has 4 rings (SSSR count). The van der Waals surface area contributed by atoms with Crippen LogP contribution in [0.3, 0.4) is 0 Å². The van der Waals surface area contributed by atoms with Crippen LogP contribution in [0, 0.1) is 0 Å². The molecule has 31 heavy (non-hydrogen) atoms. The first-order valence-corrected chi connectivity index (χ1v) is 11.1. The Kier molecular flexibility index (Phi) is 6.85. The third kappa shape index (κ3) is 5.44. The van der Waals surface area contributed by atoms with Crippen molar-refractivity contribution in [3.8, 4) is 17.1 Å². The molecule has 0 fully saturated rings. The molecule has 4 aromatic rings. The van der Waals surface area contributed by atoms with Crippen molar-refractivity contribution in [2.75, 3.05) is 5.75 Å². The molecule has 0 atom stereocenters. The van der Waals surface area contributed by atoms with Crippen molar-refractivity contribution in [1.29, 1.82) is 0 Å². The summed E-state index contributed by atoms with van der Waals surface area (Å²) >= 11 is 4.76. The molecular formula is C22H17BrN6OS. The second-order valence-corrected chi connectivity index (χ2v) is 8.21. The van der Waals surface area contributed by atoms with Crippen molar-refractivity contribution in [2.45, 2.75) is 5.16 Å². The lowest BCUT2D eigenvalue weighted by molar-refractivity contribution is -0.118. The molecule has 0 aliphatic carbocycles. The number of thioether (sulfide) groups is 1. The van der Waals surface area contributed by atoms with Crippen LogP contribution in [0.25, 0.3) is 17.1 Å². The predicted molar refractivity (Wildman–Crippen MR) is 125 cm³/mol. The average Bonchev–Trinajstić information content (AvgIpc) is 3.23. The van der Waals surface area contributed by atoms with E-state index >= 15 is 0 Å². The maximum Gasteiger partial charge on any atom is 0.250 e. The van der Waals surface area contributed by atoms with E-state index in [9.17, 15) is 4.79 Å². The maximum absolute atomic E-state index is 12.3. The summed E-state index contributed by atoms with van der Waals surface area (Å²) in [5.41, 5.74) is 5.18. The zero-order valence-electron chi connectivity index (χ0n) is 16.2. The molecule has 2 aromatic carbocycles. The Balaban J connectivity index is 1.51. The average molecular weight is 493 g/mol. The Hall–Kier alpha value is -3.30. The summed E-state index contributed by atoms with van der Waals surface area (Å²) < 4.78 is 2.92. The fraction of sp³-hybridized carbons (Fsp3) is 0.0455. The molecule has 0 unspecified atom stereocenters. The Morgan fingerprint density at radius 1 is 1.06 bits per heavy atom. The predicted octanol–water partition coefficient (Wildman–Crippen LogP) is 4.33. The molecule has 2 aromatic heterocycles. The third-order valence-corrected chi connectivity index (χ3v) is 5.63. The number of benzene rings is 2. The van der Waals surface area contributed by atoms with Crippen LogP contribution in [0.4, 0.5) is 0 Å². The summed E-state index contributed by atoms with van der Waals surface area (Å²) in [5.74, 6) is 0.616. The molecule has 0 bridgehead atoms. The number of nitrogens with zero attached hydrogens (tertiary/aromatic N) is 5. The minimum Gasteiger partial charge on any atom is -0.272 e. The van der Waals surface area contributed by atoms with Gasteiger partial charge in [0.25, 0.3) is 5.91 Å². The number of carbonyl (C=O) groups excluding carboxylic acids is 1. The highest BCUT2D eigenvalue weighted by Crippen LogP contribution is 2.28. The number of nitrogens with one attached hydrogen (secondary N) is 1. The highest BCUT2D eigenvalue weighted by atomic mass is 79.9. The SMILES string of the molecule is O=C(CSc1nnc(-c2ccccc2)n1-c1ccc(Br)cc1)N/N=C/c1cccnc1. The van der Waals surface area contributed by atoms with Gasteiger partial charge >= 0.3 is 0 Å². The van der Waals surface area contributed by atoms with Crippen LogP contribution in [-0.4, -0.2) is 37.6 Å². The minimum atomic E-state index is -0.239. The fourth-order valence-corrected chi connectivity index (χ4v) is 3.76. The molecule has 154 valence electrons. The number of hydrogen-bond acceptors (Lipinski definition) is 6. The summed E-state index contributed by atoms with van der Waals surface area (Å²) in [6.07, 6.45) is 4.89. The Morgan fingerprint density at radius 3 is 2.61 bits per heavy atom. The lowest BCUT2D eigenvalue weighted by Crippen LogP contribution is -2.20. The van der Waals surface area contributed by atoms with Gasteiger partial charge in [0, 0.05) is 33.7 Å². The summed E-state index contributed by atoms with van der Waals surface area (Å²) in [5, 5.41) is 13.3. The number of hydrogen-bond donors (Lipinski definition) is 1. The molecule has 0 aliphatic heterocycles. The van der Waals surface area contributed by atoms with Crippen LogP contribution in [0.15, 0.2) is 93.9 Å². The molecule has 0 radical (unpaired) electrons. The van der Waals surface area contributed by atoms with Gasteiger partial charge < -0.3 is 0 Å². The smallest absolute Gasteiger partial charge is 0.250 e. The lowest BCUT2D eigenvalue weighted by atomic mass is 10.2. The lowest BCUT2D eigenvalue weighted by Gasteiger charge is -2.10. The zero-order chi connectivity index (χ0) is 21.5. The van der Waals surface area contributed by atoms with E-state index in [1.165, 1.54) is 11.8 Å². The number of rotatable bonds is 7. The molecule has 0 saturated carbocycles. The number of halogens is 1. The first kappa shape index (κ1) is 21.0. The van der Waals surface area contributed by atoms with Crippen molar-refractivity contribution >= 4 is 39.8 Å². The van der Waals surface area contributed by atoms with Gasteiger partial charge in [0.05, 0.1) is 12.0 Å². The summed E-state index contributed by atoms with van der Waals surface area (Å²) in [6, 6.07) is 21.3. The van der Waals surface area contributed by atoms with Crippen LogP contribution in [0.1, 0.15) is 5.56 Å². The molecule has 2 heterocycles. The van der Waals surface area contributed by atoms with Gasteiger partial charge in [-0.15, -0.1) is 10.2 Å². The van der Waals surface area contributed by atoms with Gasteiger partial charge in [-0.3, -0.25) is 14.3 Å². The number of hydrazone groups is 1. The van der Waals surface area contributed by atoms with Crippen molar-refractivity contribution < 1.29 is 4.79 Å². The van der Waals surface area contributed by atoms with E-state index in [0.29, 0.717) is 11.0 Å². The summed E-state index contributed by atoms with van der Waals surface area (Å²) in [6.45, 7) is 0. The van der Waals surface area contributed by atoms with Gasteiger partial charge in [0.15, 0.2) is 11.0 Å². The van der Waals surface area contributed by atoms with Crippen LogP contribution in [-0.2, 0) is 4.79 Å². The van der Waals surface area contributed by atoms with Gasteiger partial charge in [-0.2, -0.15) is 5.10 Å². The van der Waals surface area contributed by atoms with Crippen molar-refractivity contribution in [1.82, 2.24) is 25.2 Å². The van der Waals surface area contributed by atoms with Crippen molar-refractivity contribution in [3.05, 3.63) is 89.2 Å². The second kappa shape index (κ2) is 10.1. The Bertz CT molecular complexity index is 1180. The minimum absolute atomic E-state index is 0.147. The van der Waals surface area contributed by atoms with E-state index in [4.69, 9.17) is 0 Å². The standard InChI is InChI=1S/C22H17BrN6OS/c23-18-8-10-19(11-9-18)29-21(17-6-2-1-3-7-17)27-28-22(29)31-15-20(30)26-25-14-16-5-4-12-24-13-16/h1-14H,15H2,(H,26,30)/b25-14+. The highest BCUT2D eigenvalue weighted by Gasteiger charge is 2.17. The normalized spacial score (nSPS) is 11.0. The number of carbonyl (C=O) groups is 1. The number of aromatic nitrogens is 4. The van der Waals surface area contributed by atoms with Crippen molar-refractivity contribution in [2.24, 2.45) is 5.10 Å². The van der Waals surface area contributed by atoms with E-state index in [1.807, 2.05) is 65.2 Å². The molecule has 9 heteroatoms. The Morgan fingerprint density at radius 2 is 1.87 bits per heavy atom. The van der Waals surface area contributed by atoms with Crippen LogP contribution in [0.2, 0.25) is 0 Å². The maximum atomic E-state index is 12.3. The highest BCUT2D eigenvalue weighted by molar-refractivity contribution is 9.10. The first-order chi connectivity index (χ1) is 15.2. The van der Waals surface area contributed by atoms with Crippen LogP contribution < -0.4 is 5.43 Å². The van der Waals surface area contributed by atoms with Crippen LogP contribution >= 0.6 is 27.7 Å². The van der Waals surface area contributed by atoms with Gasteiger partial charge in [-0.25, -0.2) is 5.43 Å². The molecule has 0 saturated heterocycles. The zero-order valence-corrected chi connectivity index (χ0v) is 18.6. The first-order valence-electron chi connectivity index (χ1n) is 9.32. The van der Waals surface area contributed by atoms with E-state index < -0.39 is 0 Å². The summed E-state index contributed by atoms with van der Waals surface area (Å²) in [7, 11) is 0. The van der Waals surface area contributed by atoms with E-state index in [1.54, 1.807) is 24.7 Å². The molecular weight excluding hydrogens is 476 g/mol. The molecule has 0 aliphatic rings. The largest absolute Gasteiger partial charge is 0.272 e. The third-order valence-electron chi connectivity index (χ3n) is 4.17. The number of amides is 1. The molecule has 1 amide bonds. The molecule has 1 N–H and O–H groups in total. The van der Waals surface area contributed by atoms with Gasteiger partial charge in [0.1, 0.15) is 0 Å². The Labute approximate surface area is 191 Å². The van der Waals surface area contributed by atoms with E-state index in [0.717, 1.165) is 21.3 Å². The molecule has 7 nitrogen and oxygen atoms in total. The molecule has 0 spiro atoms. The monoisotopic (exact) mass is 492 g/mol. The van der Waals surface area contributed by atoms with Crippen molar-refractivity contribution in [3.63, 3.8) is 0 Å². The van der Waals surface area contributed by atoms with E-state index in [2.05, 4.69) is 41.6 Å². The number of pyridine rings is 1. The van der Waals surface area contributed by atoms with E-state index in [-0.39, 0.29) is 11.7 Å². The topological polar surface area (TPSA) is 85.1 Å². The quantitative estimate of drug-likeness (QED) is 0.235. The van der Waals surface area contributed by atoms with Gasteiger partial charge in [-0.1, -0.05) is 64.1 Å². The van der Waals surface area contributed by atoms with Gasteiger partial charge in [-0.05, 0) is 30.3 Å². The second-order valence-electron chi connectivity index (χ2n) is 6.35. The fourth-order valence-electron chi connectivity index (χ4n) is 2.75.